The van der Waals surface area contributed by atoms with Gasteiger partial charge in [-0.3, -0.25) is 0 Å². The predicted molar refractivity (Wildman–Crippen MR) is 264 cm³/mol. The van der Waals surface area contributed by atoms with Gasteiger partial charge in [0.15, 0.2) is 11.5 Å². The number of aromatic nitrogens is 4. The van der Waals surface area contributed by atoms with Crippen molar-refractivity contribution in [1.29, 1.82) is 0 Å². The molecule has 0 atom stereocenters. The molecular formula is C59H37N5. The summed E-state index contributed by atoms with van der Waals surface area (Å²) in [5.41, 5.74) is 16.2. The van der Waals surface area contributed by atoms with Crippen LogP contribution in [0.25, 0.3) is 116 Å². The van der Waals surface area contributed by atoms with Crippen LogP contribution in [-0.2, 0) is 0 Å². The minimum absolute atomic E-state index is 0.628. The maximum atomic E-state index is 7.64. The van der Waals surface area contributed by atoms with E-state index >= 15 is 0 Å². The van der Waals surface area contributed by atoms with Crippen molar-refractivity contribution in [2.45, 2.75) is 0 Å². The van der Waals surface area contributed by atoms with E-state index in [1.54, 1.807) is 0 Å². The maximum absolute atomic E-state index is 7.64. The molecule has 12 rings (SSSR count). The molecule has 9 aromatic carbocycles. The van der Waals surface area contributed by atoms with Crippen molar-refractivity contribution in [3.8, 4) is 67.5 Å². The molecule has 0 aliphatic carbocycles. The van der Waals surface area contributed by atoms with Crippen LogP contribution >= 0.6 is 0 Å². The van der Waals surface area contributed by atoms with Crippen molar-refractivity contribution >= 4 is 49.3 Å². The predicted octanol–water partition coefficient (Wildman–Crippen LogP) is 15.6. The van der Waals surface area contributed by atoms with Gasteiger partial charge in [-0.1, -0.05) is 158 Å². The molecule has 64 heavy (non-hydrogen) atoms. The van der Waals surface area contributed by atoms with Gasteiger partial charge in [0.25, 0.3) is 0 Å². The molecule has 3 heterocycles. The highest BCUT2D eigenvalue weighted by molar-refractivity contribution is 6.12. The summed E-state index contributed by atoms with van der Waals surface area (Å²) in [7, 11) is 0. The van der Waals surface area contributed by atoms with E-state index in [1.807, 2.05) is 42.5 Å². The topological polar surface area (TPSA) is 40.0 Å². The van der Waals surface area contributed by atoms with Crippen LogP contribution < -0.4 is 0 Å². The SMILES string of the molecule is [C-]#[N+]c1cccc(-c2ccc3c(c2)c2ccccc2n3-c2ccc(-c3cc(-c4ccccc4)nc(-c4ccccc4)n3)cc2-c2cccc(-n3c4ccccc4c4ccccc43)c2)c1. The summed E-state index contributed by atoms with van der Waals surface area (Å²) < 4.78 is 4.78. The average Bonchev–Trinajstić information content (AvgIpc) is 3.89. The lowest BCUT2D eigenvalue weighted by Crippen LogP contribution is -2.00. The van der Waals surface area contributed by atoms with E-state index < -0.39 is 0 Å². The first-order valence-electron chi connectivity index (χ1n) is 21.4. The Morgan fingerprint density at radius 2 is 0.875 bits per heavy atom. The van der Waals surface area contributed by atoms with E-state index in [2.05, 4.69) is 196 Å². The van der Waals surface area contributed by atoms with Crippen LogP contribution in [0, 0.1) is 6.57 Å². The minimum atomic E-state index is 0.628. The van der Waals surface area contributed by atoms with Crippen LogP contribution in [-0.4, -0.2) is 19.1 Å². The molecule has 0 aliphatic heterocycles. The molecule has 12 aromatic rings. The Balaban J connectivity index is 1.11. The molecule has 0 saturated heterocycles. The van der Waals surface area contributed by atoms with E-state index in [0.29, 0.717) is 11.5 Å². The average molecular weight is 816 g/mol. The number of hydrogen-bond acceptors (Lipinski definition) is 2. The summed E-state index contributed by atoms with van der Waals surface area (Å²) >= 11 is 0. The standard InChI is InChI=1S/C59H37N5/c1-60-45-22-14-20-41(34-45)42-30-32-58-51(36-42)49-26-10-13-29-56(49)64(58)57-33-31-44(53-38-52(39-16-4-2-5-17-39)61-59(62-53)40-18-6-3-7-19-40)37-50(57)43-21-15-23-46(35-43)63-54-27-11-8-24-47(54)48-25-9-12-28-55(48)63/h2-38H. The van der Waals surface area contributed by atoms with Gasteiger partial charge in [-0.15, -0.1) is 0 Å². The Morgan fingerprint density at radius 3 is 1.58 bits per heavy atom. The molecule has 5 heteroatoms. The van der Waals surface area contributed by atoms with Crippen LogP contribution in [0.1, 0.15) is 0 Å². The summed E-state index contributed by atoms with van der Waals surface area (Å²) in [6.07, 6.45) is 0. The fourth-order valence-electron chi connectivity index (χ4n) is 9.37. The Bertz CT molecular complexity index is 3690. The first kappa shape index (κ1) is 37.0. The molecule has 0 fully saturated rings. The van der Waals surface area contributed by atoms with E-state index in [1.165, 1.54) is 10.8 Å². The lowest BCUT2D eigenvalue weighted by atomic mass is 9.97. The molecule has 0 saturated carbocycles. The lowest BCUT2D eigenvalue weighted by molar-refractivity contribution is 1.16. The molecule has 298 valence electrons. The third-order valence-electron chi connectivity index (χ3n) is 12.3. The van der Waals surface area contributed by atoms with Crippen LogP contribution in [0.5, 0.6) is 0 Å². The molecule has 0 unspecified atom stereocenters. The zero-order valence-corrected chi connectivity index (χ0v) is 34.6. The number of fused-ring (bicyclic) bond motifs is 6. The Hall–Kier alpha value is -8.85. The molecule has 0 spiro atoms. The summed E-state index contributed by atoms with van der Waals surface area (Å²) in [5, 5.41) is 4.75. The molecule has 0 aliphatic rings. The fourth-order valence-corrected chi connectivity index (χ4v) is 9.37. The second kappa shape index (κ2) is 15.3. The summed E-state index contributed by atoms with van der Waals surface area (Å²) in [6.45, 7) is 7.64. The van der Waals surface area contributed by atoms with Gasteiger partial charge in [-0.05, 0) is 83.4 Å². The third kappa shape index (κ3) is 6.24. The van der Waals surface area contributed by atoms with Crippen molar-refractivity contribution in [1.82, 2.24) is 19.1 Å². The van der Waals surface area contributed by atoms with Gasteiger partial charge in [0.2, 0.25) is 0 Å². The molecule has 0 bridgehead atoms. The third-order valence-corrected chi connectivity index (χ3v) is 12.3. The number of hydrogen-bond donors (Lipinski definition) is 0. The second-order valence-electron chi connectivity index (χ2n) is 16.1. The van der Waals surface area contributed by atoms with Crippen LogP contribution in [0.4, 0.5) is 5.69 Å². The molecule has 0 radical (unpaired) electrons. The summed E-state index contributed by atoms with van der Waals surface area (Å²) in [4.78, 5) is 14.1. The smallest absolute Gasteiger partial charge is 0.187 e. The van der Waals surface area contributed by atoms with Crippen molar-refractivity contribution in [2.75, 3.05) is 0 Å². The number of nitrogens with zero attached hydrogens (tertiary/aromatic N) is 5. The monoisotopic (exact) mass is 815 g/mol. The zero-order valence-electron chi connectivity index (χ0n) is 34.6. The van der Waals surface area contributed by atoms with E-state index in [-0.39, 0.29) is 0 Å². The van der Waals surface area contributed by atoms with Crippen molar-refractivity contribution in [3.05, 3.63) is 236 Å². The van der Waals surface area contributed by atoms with Gasteiger partial charge in [-0.2, -0.15) is 0 Å². The number of para-hydroxylation sites is 3. The maximum Gasteiger partial charge on any atom is 0.187 e. The number of benzene rings is 9. The highest BCUT2D eigenvalue weighted by Gasteiger charge is 2.20. The minimum Gasteiger partial charge on any atom is -0.309 e. The normalized spacial score (nSPS) is 11.4. The molecule has 5 nitrogen and oxygen atoms in total. The van der Waals surface area contributed by atoms with E-state index in [0.717, 1.165) is 94.5 Å². The quantitative estimate of drug-likeness (QED) is 0.150. The first-order valence-corrected chi connectivity index (χ1v) is 21.4. The second-order valence-corrected chi connectivity index (χ2v) is 16.1. The Morgan fingerprint density at radius 1 is 0.344 bits per heavy atom. The molecule has 0 N–H and O–H groups in total. The van der Waals surface area contributed by atoms with Crippen molar-refractivity contribution in [2.24, 2.45) is 0 Å². The molecular weight excluding hydrogens is 779 g/mol. The fraction of sp³-hybridized carbons (Fsp3) is 0. The van der Waals surface area contributed by atoms with Gasteiger partial charge in [0.1, 0.15) is 0 Å². The van der Waals surface area contributed by atoms with Crippen LogP contribution in [0.3, 0.4) is 0 Å². The summed E-state index contributed by atoms with van der Waals surface area (Å²) in [6, 6.07) is 78.8. The molecule has 3 aromatic heterocycles. The highest BCUT2D eigenvalue weighted by atomic mass is 15.0. The highest BCUT2D eigenvalue weighted by Crippen LogP contribution is 2.41. The van der Waals surface area contributed by atoms with Crippen molar-refractivity contribution < 1.29 is 0 Å². The first-order chi connectivity index (χ1) is 31.7. The lowest BCUT2D eigenvalue weighted by Gasteiger charge is -2.18. The van der Waals surface area contributed by atoms with Gasteiger partial charge >= 0.3 is 0 Å². The van der Waals surface area contributed by atoms with Gasteiger partial charge in [0.05, 0.1) is 45.7 Å². The van der Waals surface area contributed by atoms with Gasteiger partial charge in [0, 0.05) is 49.5 Å². The van der Waals surface area contributed by atoms with Crippen molar-refractivity contribution in [3.63, 3.8) is 0 Å². The zero-order chi connectivity index (χ0) is 42.6. The Kier molecular flexibility index (Phi) is 8.81. The largest absolute Gasteiger partial charge is 0.309 e. The van der Waals surface area contributed by atoms with Crippen LogP contribution in [0.15, 0.2) is 224 Å². The summed E-state index contributed by atoms with van der Waals surface area (Å²) in [5.74, 6) is 0.677. The number of rotatable bonds is 7. The van der Waals surface area contributed by atoms with E-state index in [9.17, 15) is 0 Å². The van der Waals surface area contributed by atoms with Gasteiger partial charge in [-0.25, -0.2) is 14.8 Å². The Labute approximate surface area is 370 Å². The van der Waals surface area contributed by atoms with Gasteiger partial charge < -0.3 is 9.13 Å². The molecule has 0 amide bonds. The van der Waals surface area contributed by atoms with E-state index in [4.69, 9.17) is 16.5 Å². The van der Waals surface area contributed by atoms with Crippen LogP contribution in [0.2, 0.25) is 0 Å².